The molecule has 0 bridgehead atoms. The second-order valence-corrected chi connectivity index (χ2v) is 11.8. The van der Waals surface area contributed by atoms with Crippen molar-refractivity contribution >= 4 is 7.82 Å². The zero-order chi connectivity index (χ0) is 31.4. The van der Waals surface area contributed by atoms with E-state index in [0.717, 1.165) is 19.4 Å². The van der Waals surface area contributed by atoms with Crippen molar-refractivity contribution in [1.29, 1.82) is 0 Å². The van der Waals surface area contributed by atoms with Crippen LogP contribution < -0.4 is 0 Å². The molecular weight excluding hydrogens is 579 g/mol. The second-order valence-electron chi connectivity index (χ2n) is 10.3. The molecule has 1 N–H and O–H groups in total. The molecule has 43 heavy (non-hydrogen) atoms. The first-order valence-electron chi connectivity index (χ1n) is 16.8. The summed E-state index contributed by atoms with van der Waals surface area (Å²) in [6.07, 6.45) is 16.4. The third kappa shape index (κ3) is 37.9. The Morgan fingerprint density at radius 2 is 0.628 bits per heavy atom. The predicted octanol–water partition coefficient (Wildman–Crippen LogP) is 6.35. The lowest BCUT2D eigenvalue weighted by atomic mass is 10.1. The summed E-state index contributed by atoms with van der Waals surface area (Å²) in [6.45, 7) is 11.5. The van der Waals surface area contributed by atoms with Crippen molar-refractivity contribution < 1.29 is 51.7 Å². The highest BCUT2D eigenvalue weighted by molar-refractivity contribution is 7.47. The first kappa shape index (κ1) is 42.8. The number of hydrogen-bond donors (Lipinski definition) is 1. The molecule has 0 rings (SSSR count). The highest BCUT2D eigenvalue weighted by atomic mass is 31.2. The SMILES string of the molecule is CCCCCCCCCCCCCOCCOCCOCCOCCOCCOCCOCCOP(=O)(O)OCCCC. The van der Waals surface area contributed by atoms with Gasteiger partial charge in [-0.15, -0.1) is 0 Å². The van der Waals surface area contributed by atoms with E-state index in [1.165, 1.54) is 64.2 Å². The van der Waals surface area contributed by atoms with E-state index in [4.69, 9.17) is 42.2 Å². The molecule has 0 aliphatic carbocycles. The maximum Gasteiger partial charge on any atom is 0.472 e. The van der Waals surface area contributed by atoms with Crippen molar-refractivity contribution in [3.05, 3.63) is 0 Å². The van der Waals surface area contributed by atoms with Gasteiger partial charge < -0.3 is 38.1 Å². The third-order valence-electron chi connectivity index (χ3n) is 6.36. The number of phosphoric acid groups is 1. The summed E-state index contributed by atoms with van der Waals surface area (Å²) < 4.78 is 59.5. The number of ether oxygens (including phenoxy) is 7. The Bertz CT molecular complexity index is 572. The van der Waals surface area contributed by atoms with Gasteiger partial charge >= 0.3 is 7.82 Å². The van der Waals surface area contributed by atoms with Gasteiger partial charge in [0.2, 0.25) is 0 Å². The van der Waals surface area contributed by atoms with E-state index in [2.05, 4.69) is 6.92 Å². The average Bonchev–Trinajstić information content (AvgIpc) is 2.99. The highest BCUT2D eigenvalue weighted by Crippen LogP contribution is 2.43. The van der Waals surface area contributed by atoms with Crippen molar-refractivity contribution in [2.45, 2.75) is 97.3 Å². The zero-order valence-electron chi connectivity index (χ0n) is 27.5. The van der Waals surface area contributed by atoms with Gasteiger partial charge in [-0.05, 0) is 12.8 Å². The number of unbranched alkanes of at least 4 members (excludes halogenated alkanes) is 11. The maximum atomic E-state index is 11.6. The zero-order valence-corrected chi connectivity index (χ0v) is 28.4. The monoisotopic (exact) mass is 644 g/mol. The Balaban J connectivity index is 3.11. The van der Waals surface area contributed by atoms with Crippen molar-refractivity contribution in [2.75, 3.05) is 106 Å². The van der Waals surface area contributed by atoms with Gasteiger partial charge in [0.15, 0.2) is 0 Å². The van der Waals surface area contributed by atoms with Crippen LogP contribution in [0.25, 0.3) is 0 Å². The van der Waals surface area contributed by atoms with Crippen molar-refractivity contribution in [3.8, 4) is 0 Å². The quantitative estimate of drug-likeness (QED) is 0.0598. The molecule has 0 aliphatic heterocycles. The standard InChI is InChI=1S/C31H65O11P/c1-3-5-7-8-9-10-11-12-13-14-15-16-34-18-19-35-20-21-36-22-23-37-24-25-38-26-27-39-28-29-40-30-31-42-43(32,33)41-17-6-4-2/h3-31H2,1-2H3,(H,32,33). The molecule has 11 nitrogen and oxygen atoms in total. The topological polar surface area (TPSA) is 120 Å². The van der Waals surface area contributed by atoms with E-state index in [9.17, 15) is 9.46 Å². The molecular formula is C31H65O11P. The van der Waals surface area contributed by atoms with Crippen LogP contribution in [0.3, 0.4) is 0 Å². The fraction of sp³-hybridized carbons (Fsp3) is 1.00. The molecule has 0 aliphatic rings. The van der Waals surface area contributed by atoms with Gasteiger partial charge in [-0.1, -0.05) is 84.5 Å². The Kier molecular flexibility index (Phi) is 36.2. The fourth-order valence-electron chi connectivity index (χ4n) is 3.86. The lowest BCUT2D eigenvalue weighted by Crippen LogP contribution is -2.15. The van der Waals surface area contributed by atoms with Crippen molar-refractivity contribution in [3.63, 3.8) is 0 Å². The molecule has 0 spiro atoms. The van der Waals surface area contributed by atoms with Gasteiger partial charge in [0.25, 0.3) is 0 Å². The molecule has 0 aromatic carbocycles. The second kappa shape index (κ2) is 36.3. The molecule has 0 heterocycles. The van der Waals surface area contributed by atoms with Crippen LogP contribution in [0.2, 0.25) is 0 Å². The Labute approximate surface area is 262 Å². The average molecular weight is 645 g/mol. The molecule has 12 heteroatoms. The number of phosphoric ester groups is 1. The third-order valence-corrected chi connectivity index (χ3v) is 7.38. The molecule has 1 atom stereocenters. The molecule has 1 unspecified atom stereocenters. The summed E-state index contributed by atoms with van der Waals surface area (Å²) in [5.41, 5.74) is 0. The molecule has 0 aromatic rings. The van der Waals surface area contributed by atoms with Crippen LogP contribution >= 0.6 is 7.82 Å². The summed E-state index contributed by atoms with van der Waals surface area (Å²) in [6, 6.07) is 0. The van der Waals surface area contributed by atoms with Crippen molar-refractivity contribution in [2.24, 2.45) is 0 Å². The van der Waals surface area contributed by atoms with Crippen molar-refractivity contribution in [1.82, 2.24) is 0 Å². The minimum Gasteiger partial charge on any atom is -0.379 e. The van der Waals surface area contributed by atoms with Gasteiger partial charge in [0, 0.05) is 6.61 Å². The number of rotatable bonds is 38. The van der Waals surface area contributed by atoms with Crippen LogP contribution in [0.5, 0.6) is 0 Å². The normalized spacial score (nSPS) is 13.1. The van der Waals surface area contributed by atoms with Gasteiger partial charge in [0.1, 0.15) is 0 Å². The van der Waals surface area contributed by atoms with E-state index in [1.807, 2.05) is 6.92 Å². The van der Waals surface area contributed by atoms with Crippen LogP contribution in [0, 0.1) is 0 Å². The molecule has 0 radical (unpaired) electrons. The molecule has 0 saturated carbocycles. The lowest BCUT2D eigenvalue weighted by Gasteiger charge is -2.12. The van der Waals surface area contributed by atoms with Gasteiger partial charge in [-0.2, -0.15) is 0 Å². The summed E-state index contributed by atoms with van der Waals surface area (Å²) in [7, 11) is -3.98. The number of hydrogen-bond acceptors (Lipinski definition) is 10. The van der Waals surface area contributed by atoms with Crippen LogP contribution in [0.15, 0.2) is 0 Å². The van der Waals surface area contributed by atoms with E-state index in [1.54, 1.807) is 0 Å². The molecule has 0 aromatic heterocycles. The van der Waals surface area contributed by atoms with Gasteiger partial charge in [-0.25, -0.2) is 4.57 Å². The van der Waals surface area contributed by atoms with Crippen LogP contribution in [-0.4, -0.2) is 111 Å². The fourth-order valence-corrected chi connectivity index (χ4v) is 4.60. The summed E-state index contributed by atoms with van der Waals surface area (Å²) in [5.74, 6) is 0. The van der Waals surface area contributed by atoms with Crippen LogP contribution in [-0.2, 0) is 46.8 Å². The van der Waals surface area contributed by atoms with Crippen LogP contribution in [0.4, 0.5) is 0 Å². The van der Waals surface area contributed by atoms with Crippen LogP contribution in [0.1, 0.15) is 97.3 Å². The largest absolute Gasteiger partial charge is 0.472 e. The van der Waals surface area contributed by atoms with E-state index in [-0.39, 0.29) is 19.8 Å². The highest BCUT2D eigenvalue weighted by Gasteiger charge is 2.19. The summed E-state index contributed by atoms with van der Waals surface area (Å²) >= 11 is 0. The van der Waals surface area contributed by atoms with E-state index < -0.39 is 7.82 Å². The molecule has 0 fully saturated rings. The first-order valence-corrected chi connectivity index (χ1v) is 18.3. The van der Waals surface area contributed by atoms with E-state index in [0.29, 0.717) is 85.7 Å². The minimum atomic E-state index is -3.98. The Morgan fingerprint density at radius 3 is 1.00 bits per heavy atom. The van der Waals surface area contributed by atoms with Gasteiger partial charge in [0.05, 0.1) is 99.1 Å². The predicted molar refractivity (Wildman–Crippen MR) is 169 cm³/mol. The Hall–Kier alpha value is -0.170. The van der Waals surface area contributed by atoms with Gasteiger partial charge in [-0.3, -0.25) is 9.05 Å². The molecule has 0 saturated heterocycles. The smallest absolute Gasteiger partial charge is 0.379 e. The molecule has 0 amide bonds. The Morgan fingerprint density at radius 1 is 0.349 bits per heavy atom. The minimum absolute atomic E-state index is 0.0170. The summed E-state index contributed by atoms with van der Waals surface area (Å²) in [4.78, 5) is 9.45. The molecule has 260 valence electrons. The summed E-state index contributed by atoms with van der Waals surface area (Å²) in [5, 5.41) is 0. The maximum absolute atomic E-state index is 11.6. The van der Waals surface area contributed by atoms with E-state index >= 15 is 0 Å². The first-order chi connectivity index (χ1) is 21.1. The lowest BCUT2D eigenvalue weighted by molar-refractivity contribution is -0.0216.